The summed E-state index contributed by atoms with van der Waals surface area (Å²) in [6.45, 7) is 2.10. The third-order valence-electron chi connectivity index (χ3n) is 3.95. The van der Waals surface area contributed by atoms with Gasteiger partial charge in [0, 0.05) is 23.1 Å². The van der Waals surface area contributed by atoms with E-state index in [0.717, 1.165) is 15.6 Å². The Balaban J connectivity index is 2.20. The van der Waals surface area contributed by atoms with Crippen molar-refractivity contribution in [1.82, 2.24) is 10.2 Å². The first kappa shape index (κ1) is 19.5. The number of nitrogens with one attached hydrogen (secondary N) is 1. The van der Waals surface area contributed by atoms with Crippen molar-refractivity contribution in [2.24, 2.45) is 0 Å². The number of likely N-dealkylation sites (N-methyl/N-ethyl adjacent to an activating group) is 1. The predicted molar refractivity (Wildman–Crippen MR) is 103 cm³/mol. The summed E-state index contributed by atoms with van der Waals surface area (Å²) in [6.07, 6.45) is 0.217. The quantitative estimate of drug-likeness (QED) is 0.768. The molecule has 0 heterocycles. The standard InChI is InChI=1S/C19H20BrClN2O2/c1-13(19(25)22-2)23(12-15-3-7-16(20)8-4-15)18(24)11-14-5-9-17(21)10-6-14/h3-10,13H,11-12H2,1-2H3,(H,22,25)/t13-/m1/s1. The molecule has 0 spiro atoms. The second-order valence-electron chi connectivity index (χ2n) is 5.74. The lowest BCUT2D eigenvalue weighted by Gasteiger charge is -2.28. The van der Waals surface area contributed by atoms with Crippen LogP contribution in [0.15, 0.2) is 53.0 Å². The molecular formula is C19H20BrClN2O2. The molecule has 2 amide bonds. The van der Waals surface area contributed by atoms with E-state index in [1.807, 2.05) is 36.4 Å². The van der Waals surface area contributed by atoms with E-state index in [2.05, 4.69) is 21.2 Å². The summed E-state index contributed by atoms with van der Waals surface area (Å²) in [5.41, 5.74) is 1.82. The second kappa shape index (κ2) is 9.02. The Kier molecular flexibility index (Phi) is 7.02. The van der Waals surface area contributed by atoms with Gasteiger partial charge in [-0.2, -0.15) is 0 Å². The third-order valence-corrected chi connectivity index (χ3v) is 4.73. The van der Waals surface area contributed by atoms with Gasteiger partial charge in [-0.05, 0) is 42.3 Å². The van der Waals surface area contributed by atoms with E-state index in [9.17, 15) is 9.59 Å². The fourth-order valence-corrected chi connectivity index (χ4v) is 2.85. The Bertz CT molecular complexity index is 732. The molecule has 1 N–H and O–H groups in total. The zero-order valence-electron chi connectivity index (χ0n) is 14.1. The highest BCUT2D eigenvalue weighted by atomic mass is 79.9. The lowest BCUT2D eigenvalue weighted by molar-refractivity contribution is -0.139. The topological polar surface area (TPSA) is 49.4 Å². The van der Waals surface area contributed by atoms with Crippen LogP contribution in [0, 0.1) is 0 Å². The van der Waals surface area contributed by atoms with E-state index >= 15 is 0 Å². The molecule has 0 saturated heterocycles. The van der Waals surface area contributed by atoms with Gasteiger partial charge in [-0.15, -0.1) is 0 Å². The molecule has 2 aromatic rings. The molecule has 0 fully saturated rings. The smallest absolute Gasteiger partial charge is 0.242 e. The van der Waals surface area contributed by atoms with Crippen molar-refractivity contribution < 1.29 is 9.59 Å². The van der Waals surface area contributed by atoms with E-state index in [1.54, 1.807) is 31.0 Å². The molecule has 4 nitrogen and oxygen atoms in total. The molecule has 6 heteroatoms. The van der Waals surface area contributed by atoms with Gasteiger partial charge in [0.2, 0.25) is 11.8 Å². The van der Waals surface area contributed by atoms with Crippen LogP contribution in [0.3, 0.4) is 0 Å². The number of nitrogens with zero attached hydrogens (tertiary/aromatic N) is 1. The zero-order valence-corrected chi connectivity index (χ0v) is 16.5. The lowest BCUT2D eigenvalue weighted by Crippen LogP contribution is -2.47. The second-order valence-corrected chi connectivity index (χ2v) is 7.09. The molecule has 25 heavy (non-hydrogen) atoms. The van der Waals surface area contributed by atoms with Gasteiger partial charge < -0.3 is 10.2 Å². The molecule has 2 aromatic carbocycles. The van der Waals surface area contributed by atoms with Gasteiger partial charge in [-0.1, -0.05) is 51.8 Å². The molecule has 0 bridgehead atoms. The highest BCUT2D eigenvalue weighted by molar-refractivity contribution is 9.10. The Morgan fingerprint density at radius 3 is 2.20 bits per heavy atom. The maximum absolute atomic E-state index is 12.8. The van der Waals surface area contributed by atoms with E-state index in [1.165, 1.54) is 0 Å². The van der Waals surface area contributed by atoms with Crippen molar-refractivity contribution in [1.29, 1.82) is 0 Å². The predicted octanol–water partition coefficient (Wildman–Crippen LogP) is 3.81. The van der Waals surface area contributed by atoms with Crippen LogP contribution >= 0.6 is 27.5 Å². The van der Waals surface area contributed by atoms with Gasteiger partial charge in [0.1, 0.15) is 6.04 Å². The molecule has 0 aliphatic rings. The lowest BCUT2D eigenvalue weighted by atomic mass is 10.1. The summed E-state index contributed by atoms with van der Waals surface area (Å²) in [4.78, 5) is 26.5. The van der Waals surface area contributed by atoms with Gasteiger partial charge >= 0.3 is 0 Å². The minimum Gasteiger partial charge on any atom is -0.357 e. The van der Waals surface area contributed by atoms with Crippen LogP contribution in [-0.2, 0) is 22.6 Å². The summed E-state index contributed by atoms with van der Waals surface area (Å²) < 4.78 is 0.967. The first-order valence-corrected chi connectivity index (χ1v) is 9.07. The number of halogens is 2. The van der Waals surface area contributed by atoms with Gasteiger partial charge in [0.15, 0.2) is 0 Å². The average molecular weight is 424 g/mol. The number of hydrogen-bond acceptors (Lipinski definition) is 2. The molecule has 132 valence electrons. The largest absolute Gasteiger partial charge is 0.357 e. The van der Waals surface area contributed by atoms with Gasteiger partial charge in [-0.25, -0.2) is 0 Å². The monoisotopic (exact) mass is 422 g/mol. The highest BCUT2D eigenvalue weighted by Gasteiger charge is 2.25. The van der Waals surface area contributed by atoms with Crippen molar-refractivity contribution in [2.45, 2.75) is 25.9 Å². The maximum atomic E-state index is 12.8. The van der Waals surface area contributed by atoms with E-state index < -0.39 is 6.04 Å². The van der Waals surface area contributed by atoms with Crippen molar-refractivity contribution in [3.05, 3.63) is 69.2 Å². The molecule has 0 unspecified atom stereocenters. The molecule has 0 aromatic heterocycles. The number of rotatable bonds is 6. The first-order chi connectivity index (χ1) is 11.9. The summed E-state index contributed by atoms with van der Waals surface area (Å²) in [5.74, 6) is -0.303. The average Bonchev–Trinajstić information content (AvgIpc) is 2.61. The zero-order chi connectivity index (χ0) is 18.4. The van der Waals surface area contributed by atoms with Gasteiger partial charge in [-0.3, -0.25) is 9.59 Å². The van der Waals surface area contributed by atoms with Crippen LogP contribution < -0.4 is 5.32 Å². The van der Waals surface area contributed by atoms with Gasteiger partial charge in [0.25, 0.3) is 0 Å². The Hall–Kier alpha value is -1.85. The Labute approximate surface area is 161 Å². The van der Waals surface area contributed by atoms with Gasteiger partial charge in [0.05, 0.1) is 6.42 Å². The molecule has 0 aliphatic carbocycles. The fraction of sp³-hybridized carbons (Fsp3) is 0.263. The van der Waals surface area contributed by atoms with Crippen LogP contribution in [0.4, 0.5) is 0 Å². The molecule has 0 aliphatic heterocycles. The van der Waals surface area contributed by atoms with Crippen molar-refractivity contribution >= 4 is 39.3 Å². The molecule has 0 saturated carbocycles. The highest BCUT2D eigenvalue weighted by Crippen LogP contribution is 2.16. The first-order valence-electron chi connectivity index (χ1n) is 7.90. The van der Waals surface area contributed by atoms with Crippen molar-refractivity contribution in [3.63, 3.8) is 0 Å². The SMILES string of the molecule is CNC(=O)[C@@H](C)N(Cc1ccc(Br)cc1)C(=O)Cc1ccc(Cl)cc1. The number of carbonyl (C=O) groups excluding carboxylic acids is 2. The fourth-order valence-electron chi connectivity index (χ4n) is 2.46. The number of amides is 2. The summed E-state index contributed by atoms with van der Waals surface area (Å²) in [6, 6.07) is 14.3. The van der Waals surface area contributed by atoms with Crippen LogP contribution in [0.5, 0.6) is 0 Å². The summed E-state index contributed by atoms with van der Waals surface area (Å²) in [5, 5.41) is 3.24. The van der Waals surface area contributed by atoms with Crippen LogP contribution in [0.2, 0.25) is 5.02 Å². The van der Waals surface area contributed by atoms with E-state index in [0.29, 0.717) is 11.6 Å². The molecule has 1 atom stereocenters. The van der Waals surface area contributed by atoms with Crippen molar-refractivity contribution in [3.8, 4) is 0 Å². The molecule has 2 rings (SSSR count). The Morgan fingerprint density at radius 1 is 1.08 bits per heavy atom. The van der Waals surface area contributed by atoms with Crippen molar-refractivity contribution in [2.75, 3.05) is 7.05 Å². The Morgan fingerprint density at radius 2 is 1.64 bits per heavy atom. The van der Waals surface area contributed by atoms with E-state index in [-0.39, 0.29) is 18.2 Å². The summed E-state index contributed by atoms with van der Waals surface area (Å²) in [7, 11) is 1.57. The minimum atomic E-state index is -0.562. The molecular weight excluding hydrogens is 404 g/mol. The number of carbonyl (C=O) groups is 2. The summed E-state index contributed by atoms with van der Waals surface area (Å²) >= 11 is 9.29. The number of hydrogen-bond donors (Lipinski definition) is 1. The third kappa shape index (κ3) is 5.58. The minimum absolute atomic E-state index is 0.110. The van der Waals surface area contributed by atoms with Crippen LogP contribution in [0.1, 0.15) is 18.1 Å². The normalized spacial score (nSPS) is 11.7. The van der Waals surface area contributed by atoms with Crippen LogP contribution in [0.25, 0.3) is 0 Å². The number of benzene rings is 2. The molecule has 0 radical (unpaired) electrons. The maximum Gasteiger partial charge on any atom is 0.242 e. The van der Waals surface area contributed by atoms with E-state index in [4.69, 9.17) is 11.6 Å². The van der Waals surface area contributed by atoms with Crippen LogP contribution in [-0.4, -0.2) is 29.8 Å².